The molecule has 0 aliphatic heterocycles. The quantitative estimate of drug-likeness (QED) is 0.873. The fraction of sp³-hybridized carbons (Fsp3) is 0.357. The van der Waals surface area contributed by atoms with Gasteiger partial charge in [-0.1, -0.05) is 17.7 Å². The summed E-state index contributed by atoms with van der Waals surface area (Å²) in [5, 5.41) is 3.46. The van der Waals surface area contributed by atoms with Gasteiger partial charge in [0.15, 0.2) is 0 Å². The first-order chi connectivity index (χ1) is 8.24. The van der Waals surface area contributed by atoms with Gasteiger partial charge in [-0.2, -0.15) is 0 Å². The van der Waals surface area contributed by atoms with E-state index in [1.54, 1.807) is 0 Å². The summed E-state index contributed by atoms with van der Waals surface area (Å²) in [7, 11) is 0. The number of aromatic nitrogens is 2. The van der Waals surface area contributed by atoms with Crippen LogP contribution in [0.15, 0.2) is 30.6 Å². The van der Waals surface area contributed by atoms with Crippen LogP contribution >= 0.6 is 0 Å². The van der Waals surface area contributed by atoms with Crippen molar-refractivity contribution in [3.05, 3.63) is 41.7 Å². The van der Waals surface area contributed by atoms with E-state index >= 15 is 0 Å². The Bertz CT molecular complexity index is 538. The highest BCUT2D eigenvalue weighted by Gasteiger charge is 2.22. The average Bonchev–Trinajstić information content (AvgIpc) is 2.97. The molecule has 1 heterocycles. The number of aryl methyl sites for hydroxylation is 2. The second-order valence-electron chi connectivity index (χ2n) is 4.83. The maximum Gasteiger partial charge on any atom is 0.207 e. The maximum absolute atomic E-state index is 4.39. The van der Waals surface area contributed by atoms with Crippen molar-refractivity contribution >= 4 is 5.95 Å². The number of hydrogen-bond acceptors (Lipinski definition) is 2. The minimum Gasteiger partial charge on any atom is -0.353 e. The lowest BCUT2D eigenvalue weighted by atomic mass is 10.1. The Morgan fingerprint density at radius 1 is 1.29 bits per heavy atom. The SMILES string of the molecule is Cc1ccc(-n2ccnc2NC2CC2)c(C)c1. The van der Waals surface area contributed by atoms with E-state index in [2.05, 4.69) is 46.9 Å². The molecule has 3 heteroatoms. The summed E-state index contributed by atoms with van der Waals surface area (Å²) >= 11 is 0. The molecule has 88 valence electrons. The second kappa shape index (κ2) is 3.91. The van der Waals surface area contributed by atoms with Crippen molar-refractivity contribution < 1.29 is 0 Å². The topological polar surface area (TPSA) is 29.9 Å². The van der Waals surface area contributed by atoms with Crippen LogP contribution in [0.3, 0.4) is 0 Å². The third kappa shape index (κ3) is 2.05. The van der Waals surface area contributed by atoms with Crippen molar-refractivity contribution in [3.8, 4) is 5.69 Å². The van der Waals surface area contributed by atoms with Gasteiger partial charge in [0.25, 0.3) is 0 Å². The monoisotopic (exact) mass is 227 g/mol. The number of imidazole rings is 1. The fourth-order valence-electron chi connectivity index (χ4n) is 2.09. The number of anilines is 1. The summed E-state index contributed by atoms with van der Waals surface area (Å²) in [6.45, 7) is 4.26. The molecule has 1 fully saturated rings. The smallest absolute Gasteiger partial charge is 0.207 e. The molecule has 0 unspecified atom stereocenters. The van der Waals surface area contributed by atoms with Gasteiger partial charge in [-0.05, 0) is 38.3 Å². The molecule has 0 amide bonds. The Hall–Kier alpha value is -1.77. The Morgan fingerprint density at radius 3 is 2.82 bits per heavy atom. The van der Waals surface area contributed by atoms with Gasteiger partial charge in [-0.15, -0.1) is 0 Å². The number of nitrogens with one attached hydrogen (secondary N) is 1. The van der Waals surface area contributed by atoms with E-state index in [-0.39, 0.29) is 0 Å². The minimum absolute atomic E-state index is 0.627. The molecule has 0 radical (unpaired) electrons. The lowest BCUT2D eigenvalue weighted by molar-refractivity contribution is 0.992. The van der Waals surface area contributed by atoms with E-state index in [1.807, 2.05) is 12.4 Å². The first-order valence-electron chi connectivity index (χ1n) is 6.11. The Kier molecular flexibility index (Phi) is 2.39. The van der Waals surface area contributed by atoms with Gasteiger partial charge < -0.3 is 5.32 Å². The molecule has 1 saturated carbocycles. The van der Waals surface area contributed by atoms with Crippen LogP contribution in [0.5, 0.6) is 0 Å². The van der Waals surface area contributed by atoms with E-state index in [9.17, 15) is 0 Å². The molecule has 1 aromatic heterocycles. The van der Waals surface area contributed by atoms with Gasteiger partial charge >= 0.3 is 0 Å². The van der Waals surface area contributed by atoms with Crippen LogP contribution in [0.2, 0.25) is 0 Å². The highest BCUT2D eigenvalue weighted by atomic mass is 15.2. The van der Waals surface area contributed by atoms with Gasteiger partial charge in [0, 0.05) is 18.4 Å². The van der Waals surface area contributed by atoms with Crippen LogP contribution in [0.1, 0.15) is 24.0 Å². The summed E-state index contributed by atoms with van der Waals surface area (Å²) < 4.78 is 2.13. The molecule has 1 aliphatic rings. The Balaban J connectivity index is 1.99. The van der Waals surface area contributed by atoms with Crippen LogP contribution < -0.4 is 5.32 Å². The second-order valence-corrected chi connectivity index (χ2v) is 4.83. The normalized spacial score (nSPS) is 14.9. The zero-order valence-corrected chi connectivity index (χ0v) is 10.3. The van der Waals surface area contributed by atoms with Gasteiger partial charge in [0.2, 0.25) is 5.95 Å². The predicted molar refractivity (Wildman–Crippen MR) is 69.7 cm³/mol. The predicted octanol–water partition coefficient (Wildman–Crippen LogP) is 3.06. The molecule has 1 aliphatic carbocycles. The molecule has 2 aromatic rings. The van der Waals surface area contributed by atoms with E-state index < -0.39 is 0 Å². The van der Waals surface area contributed by atoms with Gasteiger partial charge in [-0.3, -0.25) is 4.57 Å². The van der Waals surface area contributed by atoms with E-state index in [1.165, 1.54) is 29.7 Å². The average molecular weight is 227 g/mol. The van der Waals surface area contributed by atoms with Gasteiger partial charge in [0.05, 0.1) is 5.69 Å². The van der Waals surface area contributed by atoms with Crippen LogP contribution in [0.25, 0.3) is 5.69 Å². The molecule has 3 nitrogen and oxygen atoms in total. The van der Waals surface area contributed by atoms with E-state index in [0.717, 1.165) is 5.95 Å². The molecule has 1 aromatic carbocycles. The van der Waals surface area contributed by atoms with Crippen molar-refractivity contribution in [1.29, 1.82) is 0 Å². The summed E-state index contributed by atoms with van der Waals surface area (Å²) in [5.74, 6) is 0.958. The van der Waals surface area contributed by atoms with Crippen molar-refractivity contribution in [1.82, 2.24) is 9.55 Å². The number of hydrogen-bond donors (Lipinski definition) is 1. The zero-order chi connectivity index (χ0) is 11.8. The number of rotatable bonds is 3. The first-order valence-corrected chi connectivity index (χ1v) is 6.11. The standard InChI is InChI=1S/C14H17N3/c1-10-3-6-13(11(2)9-10)17-8-7-15-14(17)16-12-4-5-12/h3,6-9,12H,4-5H2,1-2H3,(H,15,16). The largest absolute Gasteiger partial charge is 0.353 e. The number of nitrogens with zero attached hydrogens (tertiary/aromatic N) is 2. The molecule has 0 saturated heterocycles. The first kappa shape index (κ1) is 10.4. The maximum atomic E-state index is 4.39. The lowest BCUT2D eigenvalue weighted by Crippen LogP contribution is -2.08. The molecule has 3 rings (SSSR count). The van der Waals surface area contributed by atoms with Crippen LogP contribution in [-0.4, -0.2) is 15.6 Å². The van der Waals surface area contributed by atoms with Gasteiger partial charge in [-0.25, -0.2) is 4.98 Å². The minimum atomic E-state index is 0.627. The van der Waals surface area contributed by atoms with Gasteiger partial charge in [0.1, 0.15) is 0 Å². The van der Waals surface area contributed by atoms with Crippen LogP contribution in [-0.2, 0) is 0 Å². The highest BCUT2D eigenvalue weighted by Crippen LogP contribution is 2.26. The molecule has 0 atom stereocenters. The third-order valence-electron chi connectivity index (χ3n) is 3.16. The molecule has 1 N–H and O–H groups in total. The third-order valence-corrected chi connectivity index (χ3v) is 3.16. The summed E-state index contributed by atoms with van der Waals surface area (Å²) in [6, 6.07) is 7.13. The Morgan fingerprint density at radius 2 is 2.12 bits per heavy atom. The van der Waals surface area contributed by atoms with Crippen molar-refractivity contribution in [2.75, 3.05) is 5.32 Å². The summed E-state index contributed by atoms with van der Waals surface area (Å²) in [5.41, 5.74) is 3.78. The fourth-order valence-corrected chi connectivity index (χ4v) is 2.09. The molecular weight excluding hydrogens is 210 g/mol. The van der Waals surface area contributed by atoms with Crippen molar-refractivity contribution in [2.24, 2.45) is 0 Å². The molecular formula is C14H17N3. The lowest BCUT2D eigenvalue weighted by Gasteiger charge is -2.12. The zero-order valence-electron chi connectivity index (χ0n) is 10.3. The highest BCUT2D eigenvalue weighted by molar-refractivity contribution is 5.48. The summed E-state index contributed by atoms with van der Waals surface area (Å²) in [4.78, 5) is 4.39. The molecule has 0 spiro atoms. The van der Waals surface area contributed by atoms with Crippen LogP contribution in [0.4, 0.5) is 5.95 Å². The molecule has 17 heavy (non-hydrogen) atoms. The van der Waals surface area contributed by atoms with E-state index in [4.69, 9.17) is 0 Å². The Labute approximate surface area is 101 Å². The van der Waals surface area contributed by atoms with Crippen molar-refractivity contribution in [2.45, 2.75) is 32.7 Å². The summed E-state index contributed by atoms with van der Waals surface area (Å²) in [6.07, 6.45) is 6.39. The molecule has 0 bridgehead atoms. The van der Waals surface area contributed by atoms with Crippen molar-refractivity contribution in [3.63, 3.8) is 0 Å². The number of benzene rings is 1. The van der Waals surface area contributed by atoms with E-state index in [0.29, 0.717) is 6.04 Å². The van der Waals surface area contributed by atoms with Crippen LogP contribution in [0, 0.1) is 13.8 Å².